The molecule has 14 heavy (non-hydrogen) atoms. The van der Waals surface area contributed by atoms with Gasteiger partial charge in [-0.3, -0.25) is 0 Å². The second-order valence-corrected chi connectivity index (χ2v) is 3.36. The predicted molar refractivity (Wildman–Crippen MR) is 44.9 cm³/mol. The van der Waals surface area contributed by atoms with Crippen molar-refractivity contribution in [3.8, 4) is 0 Å². The summed E-state index contributed by atoms with van der Waals surface area (Å²) in [6.07, 6.45) is -3.55. The third-order valence-electron chi connectivity index (χ3n) is 2.12. The Kier molecular flexibility index (Phi) is 2.23. The first kappa shape index (κ1) is 9.52. The monoisotopic (exact) mass is 202 g/mol. The highest BCUT2D eigenvalue weighted by atomic mass is 19.4. The molecule has 1 aromatic carbocycles. The van der Waals surface area contributed by atoms with E-state index >= 15 is 0 Å². The lowest BCUT2D eigenvalue weighted by Gasteiger charge is -2.07. The number of epoxide rings is 1. The van der Waals surface area contributed by atoms with Gasteiger partial charge < -0.3 is 4.74 Å². The fourth-order valence-corrected chi connectivity index (χ4v) is 1.32. The van der Waals surface area contributed by atoms with Crippen molar-refractivity contribution in [2.75, 3.05) is 6.61 Å². The van der Waals surface area contributed by atoms with Crippen LogP contribution in [0.15, 0.2) is 24.3 Å². The highest BCUT2D eigenvalue weighted by Crippen LogP contribution is 2.30. The molecule has 0 N–H and O–H groups in total. The molecule has 1 nitrogen and oxygen atoms in total. The average Bonchev–Trinajstić information content (AvgIpc) is 2.87. The molecule has 0 saturated carbocycles. The van der Waals surface area contributed by atoms with Crippen molar-refractivity contribution >= 4 is 0 Å². The summed E-state index contributed by atoms with van der Waals surface area (Å²) < 4.78 is 41.8. The van der Waals surface area contributed by atoms with Crippen molar-refractivity contribution < 1.29 is 17.9 Å². The van der Waals surface area contributed by atoms with Gasteiger partial charge in [0.15, 0.2) is 0 Å². The number of benzene rings is 1. The first-order chi connectivity index (χ1) is 6.55. The van der Waals surface area contributed by atoms with Gasteiger partial charge in [-0.25, -0.2) is 0 Å². The van der Waals surface area contributed by atoms with Gasteiger partial charge in [0.05, 0.1) is 18.3 Å². The molecule has 1 aromatic rings. The minimum Gasteiger partial charge on any atom is -0.373 e. The lowest BCUT2D eigenvalue weighted by atomic mass is 10.1. The van der Waals surface area contributed by atoms with Crippen molar-refractivity contribution in [2.24, 2.45) is 0 Å². The van der Waals surface area contributed by atoms with Gasteiger partial charge in [0, 0.05) is 6.42 Å². The Morgan fingerprint density at radius 2 is 2.07 bits per heavy atom. The van der Waals surface area contributed by atoms with Gasteiger partial charge in [0.1, 0.15) is 0 Å². The predicted octanol–water partition coefficient (Wildman–Crippen LogP) is 2.65. The van der Waals surface area contributed by atoms with Crippen molar-refractivity contribution in [1.29, 1.82) is 0 Å². The van der Waals surface area contributed by atoms with Crippen LogP contribution in [0.4, 0.5) is 13.2 Å². The SMILES string of the molecule is FC(F)(F)c1cccc(CC2CO2)c1. The molecule has 1 aliphatic heterocycles. The van der Waals surface area contributed by atoms with Gasteiger partial charge in [0.25, 0.3) is 0 Å². The minimum absolute atomic E-state index is 0.124. The zero-order valence-corrected chi connectivity index (χ0v) is 7.34. The van der Waals surface area contributed by atoms with E-state index in [0.29, 0.717) is 18.6 Å². The molecule has 76 valence electrons. The molecular weight excluding hydrogens is 193 g/mol. The Labute approximate surface area is 79.5 Å². The maximum Gasteiger partial charge on any atom is 0.416 e. The molecular formula is C10H9F3O. The highest BCUT2D eigenvalue weighted by molar-refractivity contribution is 5.26. The van der Waals surface area contributed by atoms with Crippen molar-refractivity contribution in [3.05, 3.63) is 35.4 Å². The lowest BCUT2D eigenvalue weighted by Crippen LogP contribution is -2.05. The van der Waals surface area contributed by atoms with E-state index in [4.69, 9.17) is 4.74 Å². The zero-order chi connectivity index (χ0) is 10.2. The molecule has 1 aliphatic rings. The van der Waals surface area contributed by atoms with E-state index in [9.17, 15) is 13.2 Å². The van der Waals surface area contributed by atoms with Gasteiger partial charge in [-0.05, 0) is 11.6 Å². The van der Waals surface area contributed by atoms with E-state index < -0.39 is 11.7 Å². The summed E-state index contributed by atoms with van der Waals surface area (Å²) >= 11 is 0. The van der Waals surface area contributed by atoms with E-state index in [1.807, 2.05) is 0 Å². The molecule has 1 atom stereocenters. The molecule has 0 aromatic heterocycles. The molecule has 0 aliphatic carbocycles. The van der Waals surface area contributed by atoms with Gasteiger partial charge >= 0.3 is 6.18 Å². The summed E-state index contributed by atoms with van der Waals surface area (Å²) in [5.74, 6) is 0. The van der Waals surface area contributed by atoms with E-state index in [2.05, 4.69) is 0 Å². The van der Waals surface area contributed by atoms with Gasteiger partial charge in [0.2, 0.25) is 0 Å². The maximum absolute atomic E-state index is 12.3. The number of hydrogen-bond acceptors (Lipinski definition) is 1. The van der Waals surface area contributed by atoms with Crippen LogP contribution in [0.5, 0.6) is 0 Å². The van der Waals surface area contributed by atoms with Crippen molar-refractivity contribution in [2.45, 2.75) is 18.7 Å². The first-order valence-electron chi connectivity index (χ1n) is 4.33. The van der Waals surface area contributed by atoms with Crippen LogP contribution in [0, 0.1) is 0 Å². The smallest absolute Gasteiger partial charge is 0.373 e. The number of ether oxygens (including phenoxy) is 1. The van der Waals surface area contributed by atoms with Gasteiger partial charge in [-0.1, -0.05) is 18.2 Å². The summed E-state index contributed by atoms with van der Waals surface area (Å²) in [5.41, 5.74) is 0.0953. The molecule has 0 spiro atoms. The largest absolute Gasteiger partial charge is 0.416 e. The van der Waals surface area contributed by atoms with Crippen LogP contribution >= 0.6 is 0 Å². The van der Waals surface area contributed by atoms with Crippen LogP contribution in [0.3, 0.4) is 0 Å². The number of halogens is 3. The second kappa shape index (κ2) is 3.28. The highest BCUT2D eigenvalue weighted by Gasteiger charge is 2.31. The Balaban J connectivity index is 2.17. The Hall–Kier alpha value is -1.03. The van der Waals surface area contributed by atoms with E-state index in [0.717, 1.165) is 6.07 Å². The van der Waals surface area contributed by atoms with Crippen LogP contribution in [0.25, 0.3) is 0 Å². The Bertz CT molecular complexity index is 328. The van der Waals surface area contributed by atoms with Gasteiger partial charge in [-0.2, -0.15) is 13.2 Å². The van der Waals surface area contributed by atoms with Crippen LogP contribution in [0.1, 0.15) is 11.1 Å². The minimum atomic E-state index is -4.25. The summed E-state index contributed by atoms with van der Waals surface area (Å²) in [6.45, 7) is 0.663. The summed E-state index contributed by atoms with van der Waals surface area (Å²) in [5, 5.41) is 0. The molecule has 0 amide bonds. The Morgan fingerprint density at radius 3 is 2.64 bits per heavy atom. The zero-order valence-electron chi connectivity index (χ0n) is 7.34. The van der Waals surface area contributed by atoms with Crippen LogP contribution in [-0.4, -0.2) is 12.7 Å². The summed E-state index contributed by atoms with van der Waals surface area (Å²) in [7, 11) is 0. The molecule has 1 saturated heterocycles. The third kappa shape index (κ3) is 2.26. The normalized spacial score (nSPS) is 20.9. The van der Waals surface area contributed by atoms with Gasteiger partial charge in [-0.15, -0.1) is 0 Å². The topological polar surface area (TPSA) is 12.5 Å². The van der Waals surface area contributed by atoms with E-state index in [-0.39, 0.29) is 6.10 Å². The molecule has 4 heteroatoms. The number of alkyl halides is 3. The van der Waals surface area contributed by atoms with Crippen LogP contribution in [-0.2, 0) is 17.3 Å². The number of hydrogen-bond donors (Lipinski definition) is 0. The fraction of sp³-hybridized carbons (Fsp3) is 0.400. The molecule has 1 unspecified atom stereocenters. The van der Waals surface area contributed by atoms with Crippen molar-refractivity contribution in [1.82, 2.24) is 0 Å². The quantitative estimate of drug-likeness (QED) is 0.671. The summed E-state index contributed by atoms with van der Waals surface area (Å²) in [4.78, 5) is 0. The lowest BCUT2D eigenvalue weighted by molar-refractivity contribution is -0.137. The van der Waals surface area contributed by atoms with Crippen LogP contribution in [0.2, 0.25) is 0 Å². The molecule has 2 rings (SSSR count). The van der Waals surface area contributed by atoms with E-state index in [1.54, 1.807) is 6.07 Å². The standard InChI is InChI=1S/C10H9F3O/c11-10(12,13)8-3-1-2-7(4-8)5-9-6-14-9/h1-4,9H,5-6H2. The number of rotatable bonds is 2. The second-order valence-electron chi connectivity index (χ2n) is 3.36. The maximum atomic E-state index is 12.3. The first-order valence-corrected chi connectivity index (χ1v) is 4.33. The molecule has 0 radical (unpaired) electrons. The van der Waals surface area contributed by atoms with Crippen molar-refractivity contribution in [3.63, 3.8) is 0 Å². The van der Waals surface area contributed by atoms with E-state index in [1.165, 1.54) is 12.1 Å². The molecule has 1 fully saturated rings. The summed E-state index contributed by atoms with van der Waals surface area (Å²) in [6, 6.07) is 5.39. The molecule has 1 heterocycles. The Morgan fingerprint density at radius 1 is 1.36 bits per heavy atom. The molecule has 0 bridgehead atoms. The average molecular weight is 202 g/mol. The third-order valence-corrected chi connectivity index (χ3v) is 2.12. The fourth-order valence-electron chi connectivity index (χ4n) is 1.32. The van der Waals surface area contributed by atoms with Crippen LogP contribution < -0.4 is 0 Å².